The fraction of sp³-hybridized carbons (Fsp3) is 0.125. The first-order valence-corrected chi connectivity index (χ1v) is 3.31. The Bertz CT molecular complexity index is 311. The van der Waals surface area contributed by atoms with Crippen molar-refractivity contribution >= 4 is 33.1 Å². The zero-order chi connectivity index (χ0) is 9.14. The van der Waals surface area contributed by atoms with Gasteiger partial charge in [0.1, 0.15) is 6.61 Å². The van der Waals surface area contributed by atoms with Crippen molar-refractivity contribution in [1.82, 2.24) is 0 Å². The number of phenols is 2. The Labute approximate surface area is 95.0 Å². The van der Waals surface area contributed by atoms with Crippen LogP contribution in [0.5, 0.6) is 11.5 Å². The first kappa shape index (κ1) is 12.4. The first-order chi connectivity index (χ1) is 5.65. The third-order valence-corrected chi connectivity index (χ3v) is 1.44. The summed E-state index contributed by atoms with van der Waals surface area (Å²) in [6.45, 7) is -0.607. The molecule has 0 heterocycles. The molecule has 0 aromatic heterocycles. The van der Waals surface area contributed by atoms with E-state index in [9.17, 15) is 4.79 Å². The zero-order valence-electron chi connectivity index (χ0n) is 6.69. The third kappa shape index (κ3) is 2.96. The standard InChI is InChI=1S/C8H8O4.Pb/c9-4-8(12)5-1-2-6(10)7(11)3-5;/h1-3,9-11H,4H2;. The van der Waals surface area contributed by atoms with E-state index in [0.717, 1.165) is 6.07 Å². The summed E-state index contributed by atoms with van der Waals surface area (Å²) < 4.78 is 0. The third-order valence-electron chi connectivity index (χ3n) is 1.44. The molecule has 4 nitrogen and oxygen atoms in total. The van der Waals surface area contributed by atoms with E-state index >= 15 is 0 Å². The fourth-order valence-electron chi connectivity index (χ4n) is 0.788. The van der Waals surface area contributed by atoms with Crippen LogP contribution in [0.2, 0.25) is 0 Å². The predicted octanol–water partition coefficient (Wildman–Crippen LogP) is -0.108. The number of carbonyl (C=O) groups excluding carboxylic acids is 1. The van der Waals surface area contributed by atoms with Crippen molar-refractivity contribution in [3.05, 3.63) is 23.8 Å². The molecule has 0 saturated heterocycles. The Hall–Kier alpha value is -0.628. The van der Waals surface area contributed by atoms with Gasteiger partial charge in [-0.3, -0.25) is 4.79 Å². The Morgan fingerprint density at radius 3 is 2.31 bits per heavy atom. The monoisotopic (exact) mass is 376 g/mol. The van der Waals surface area contributed by atoms with E-state index in [2.05, 4.69) is 0 Å². The molecule has 0 aliphatic rings. The molecular formula is C8H8O4Pb. The summed E-state index contributed by atoms with van der Waals surface area (Å²) in [5, 5.41) is 26.3. The molecule has 3 N–H and O–H groups in total. The second-order valence-corrected chi connectivity index (χ2v) is 2.28. The molecule has 1 aromatic rings. The second kappa shape index (κ2) is 5.18. The largest absolute Gasteiger partial charge is 0.504 e. The van der Waals surface area contributed by atoms with Crippen LogP contribution in [-0.2, 0) is 0 Å². The summed E-state index contributed by atoms with van der Waals surface area (Å²) in [7, 11) is 0. The molecule has 0 spiro atoms. The molecule has 5 heteroatoms. The van der Waals surface area contributed by atoms with Crippen molar-refractivity contribution in [2.75, 3.05) is 6.61 Å². The van der Waals surface area contributed by atoms with E-state index in [1.807, 2.05) is 0 Å². The minimum atomic E-state index is -0.607. The van der Waals surface area contributed by atoms with Crippen molar-refractivity contribution in [3.8, 4) is 11.5 Å². The minimum absolute atomic E-state index is 0. The normalized spacial score (nSPS) is 9.00. The van der Waals surface area contributed by atoms with Gasteiger partial charge >= 0.3 is 0 Å². The maximum atomic E-state index is 10.8. The summed E-state index contributed by atoms with van der Waals surface area (Å²) in [5.74, 6) is -1.15. The van der Waals surface area contributed by atoms with Gasteiger partial charge in [0, 0.05) is 32.9 Å². The molecule has 0 saturated carbocycles. The number of hydrogen-bond acceptors (Lipinski definition) is 4. The summed E-state index contributed by atoms with van der Waals surface area (Å²) in [6, 6.07) is 3.62. The van der Waals surface area contributed by atoms with Crippen LogP contribution in [0.15, 0.2) is 18.2 Å². The molecule has 1 rings (SSSR count). The summed E-state index contributed by atoms with van der Waals surface area (Å²) >= 11 is 0. The second-order valence-electron chi connectivity index (χ2n) is 2.28. The number of aromatic hydroxyl groups is 2. The first-order valence-electron chi connectivity index (χ1n) is 3.31. The molecule has 4 radical (unpaired) electrons. The number of aliphatic hydroxyl groups is 1. The molecule has 0 aliphatic heterocycles. The Morgan fingerprint density at radius 1 is 1.23 bits per heavy atom. The number of ketones is 1. The summed E-state index contributed by atoms with van der Waals surface area (Å²) in [6.07, 6.45) is 0. The van der Waals surface area contributed by atoms with Gasteiger partial charge in [-0.25, -0.2) is 0 Å². The number of aliphatic hydroxyl groups excluding tert-OH is 1. The van der Waals surface area contributed by atoms with Crippen LogP contribution in [0.1, 0.15) is 10.4 Å². The van der Waals surface area contributed by atoms with Gasteiger partial charge in [-0.05, 0) is 18.2 Å². The van der Waals surface area contributed by atoms with E-state index in [-0.39, 0.29) is 44.4 Å². The van der Waals surface area contributed by atoms with Gasteiger partial charge in [0.15, 0.2) is 17.3 Å². The van der Waals surface area contributed by atoms with Crippen LogP contribution in [0, 0.1) is 0 Å². The van der Waals surface area contributed by atoms with Crippen molar-refractivity contribution in [2.24, 2.45) is 0 Å². The molecule has 0 aliphatic carbocycles. The van der Waals surface area contributed by atoms with Crippen LogP contribution in [0.4, 0.5) is 0 Å². The number of carbonyl (C=O) groups is 1. The number of phenolic OH excluding ortho intramolecular Hbond substituents is 2. The van der Waals surface area contributed by atoms with E-state index in [0.29, 0.717) is 0 Å². The topological polar surface area (TPSA) is 77.8 Å². The van der Waals surface area contributed by atoms with Crippen LogP contribution < -0.4 is 0 Å². The van der Waals surface area contributed by atoms with Gasteiger partial charge in [-0.1, -0.05) is 0 Å². The molecule has 0 atom stereocenters. The SMILES string of the molecule is O=C(CO)c1ccc(O)c(O)c1.[Pb]. The van der Waals surface area contributed by atoms with Crippen LogP contribution in [-0.4, -0.2) is 55.0 Å². The average Bonchev–Trinajstić information content (AvgIpc) is 2.08. The quantitative estimate of drug-likeness (QED) is 0.383. The minimum Gasteiger partial charge on any atom is -0.504 e. The van der Waals surface area contributed by atoms with Gasteiger partial charge in [-0.2, -0.15) is 0 Å². The maximum absolute atomic E-state index is 10.8. The summed E-state index contributed by atoms with van der Waals surface area (Å²) in [4.78, 5) is 10.8. The van der Waals surface area contributed by atoms with Crippen LogP contribution >= 0.6 is 0 Å². The molecule has 0 amide bonds. The van der Waals surface area contributed by atoms with E-state index in [1.165, 1.54) is 12.1 Å². The number of rotatable bonds is 2. The van der Waals surface area contributed by atoms with Gasteiger partial charge < -0.3 is 15.3 Å². The van der Waals surface area contributed by atoms with E-state index in [1.54, 1.807) is 0 Å². The molecule has 0 unspecified atom stereocenters. The number of hydrogen-bond donors (Lipinski definition) is 3. The number of Topliss-reactive ketones (excluding diaryl/α,β-unsaturated/α-hetero) is 1. The van der Waals surface area contributed by atoms with E-state index in [4.69, 9.17) is 15.3 Å². The Balaban J connectivity index is 0.00000144. The Morgan fingerprint density at radius 2 is 1.85 bits per heavy atom. The molecule has 13 heavy (non-hydrogen) atoms. The Kier molecular flexibility index (Phi) is 4.93. The molecule has 68 valence electrons. The van der Waals surface area contributed by atoms with Gasteiger partial charge in [0.25, 0.3) is 0 Å². The van der Waals surface area contributed by atoms with Crippen molar-refractivity contribution < 1.29 is 20.1 Å². The van der Waals surface area contributed by atoms with Gasteiger partial charge in [0.2, 0.25) is 0 Å². The summed E-state index contributed by atoms with van der Waals surface area (Å²) in [5.41, 5.74) is 0.174. The number of benzene rings is 1. The molecular weight excluding hydrogens is 367 g/mol. The molecule has 1 aromatic carbocycles. The maximum Gasteiger partial charge on any atom is 0.188 e. The molecule has 0 bridgehead atoms. The zero-order valence-corrected chi connectivity index (χ0v) is 10.6. The van der Waals surface area contributed by atoms with E-state index < -0.39 is 12.4 Å². The van der Waals surface area contributed by atoms with Crippen molar-refractivity contribution in [3.63, 3.8) is 0 Å². The van der Waals surface area contributed by atoms with Crippen molar-refractivity contribution in [2.45, 2.75) is 0 Å². The van der Waals surface area contributed by atoms with Crippen LogP contribution in [0.3, 0.4) is 0 Å². The van der Waals surface area contributed by atoms with Gasteiger partial charge in [0.05, 0.1) is 0 Å². The van der Waals surface area contributed by atoms with Crippen LogP contribution in [0.25, 0.3) is 0 Å². The smallest absolute Gasteiger partial charge is 0.188 e. The fourth-order valence-corrected chi connectivity index (χ4v) is 0.788. The van der Waals surface area contributed by atoms with Crippen molar-refractivity contribution in [1.29, 1.82) is 0 Å². The predicted molar refractivity (Wildman–Crippen MR) is 46.9 cm³/mol. The average molecular weight is 375 g/mol. The molecule has 0 fully saturated rings. The van der Waals surface area contributed by atoms with Gasteiger partial charge in [-0.15, -0.1) is 0 Å².